The van der Waals surface area contributed by atoms with Gasteiger partial charge in [0, 0.05) is 23.0 Å². The van der Waals surface area contributed by atoms with E-state index in [1.807, 2.05) is 76.2 Å². The fourth-order valence-electron chi connectivity index (χ4n) is 4.07. The minimum absolute atomic E-state index is 0.0106. The largest absolute Gasteiger partial charge is 0.331 e. The number of carbonyl (C=O) groups is 1. The Bertz CT molecular complexity index is 1200. The molecule has 4 nitrogen and oxygen atoms in total. The lowest BCUT2D eigenvalue weighted by Crippen LogP contribution is -2.32. The van der Waals surface area contributed by atoms with Crippen molar-refractivity contribution in [3.63, 3.8) is 0 Å². The SMILES string of the molecule is O=C(Cn1c2ccccc2c(=O)c2ccccc21)N1CCc2ccccc21. The van der Waals surface area contributed by atoms with Crippen molar-refractivity contribution in [1.82, 2.24) is 4.57 Å². The van der Waals surface area contributed by atoms with Crippen LogP contribution in [0.5, 0.6) is 0 Å². The molecule has 0 fully saturated rings. The third kappa shape index (κ3) is 2.45. The van der Waals surface area contributed by atoms with Crippen LogP contribution in [0.2, 0.25) is 0 Å². The van der Waals surface area contributed by atoms with Gasteiger partial charge < -0.3 is 9.47 Å². The zero-order valence-electron chi connectivity index (χ0n) is 14.8. The molecule has 0 atom stereocenters. The van der Waals surface area contributed by atoms with E-state index in [-0.39, 0.29) is 17.9 Å². The minimum Gasteiger partial charge on any atom is -0.331 e. The van der Waals surface area contributed by atoms with E-state index in [2.05, 4.69) is 6.07 Å². The third-order valence-electron chi connectivity index (χ3n) is 5.36. The normalized spacial score (nSPS) is 13.3. The van der Waals surface area contributed by atoms with Crippen LogP contribution in [0.4, 0.5) is 5.69 Å². The number of hydrogen-bond donors (Lipinski definition) is 0. The Morgan fingerprint density at radius 1 is 0.815 bits per heavy atom. The second-order valence-corrected chi connectivity index (χ2v) is 6.87. The van der Waals surface area contributed by atoms with E-state index in [1.165, 1.54) is 5.56 Å². The number of nitrogens with zero attached hydrogens (tertiary/aromatic N) is 2. The number of benzene rings is 3. The molecule has 1 aromatic heterocycles. The van der Waals surface area contributed by atoms with Crippen molar-refractivity contribution in [2.45, 2.75) is 13.0 Å². The minimum atomic E-state index is 0.0106. The molecule has 0 aliphatic carbocycles. The van der Waals surface area contributed by atoms with Crippen molar-refractivity contribution in [3.8, 4) is 0 Å². The van der Waals surface area contributed by atoms with Crippen LogP contribution in [-0.4, -0.2) is 17.0 Å². The summed E-state index contributed by atoms with van der Waals surface area (Å²) < 4.78 is 1.97. The van der Waals surface area contributed by atoms with Crippen molar-refractivity contribution in [1.29, 1.82) is 0 Å². The summed E-state index contributed by atoms with van der Waals surface area (Å²) in [5.74, 6) is 0.0407. The van der Waals surface area contributed by atoms with E-state index in [9.17, 15) is 9.59 Å². The van der Waals surface area contributed by atoms with Crippen LogP contribution in [0.1, 0.15) is 5.56 Å². The molecule has 1 aliphatic rings. The summed E-state index contributed by atoms with van der Waals surface area (Å²) >= 11 is 0. The molecule has 0 bridgehead atoms. The van der Waals surface area contributed by atoms with Crippen molar-refractivity contribution < 1.29 is 4.79 Å². The zero-order chi connectivity index (χ0) is 18.4. The van der Waals surface area contributed by atoms with Crippen LogP contribution in [-0.2, 0) is 17.8 Å². The molecule has 1 aliphatic heterocycles. The molecule has 5 rings (SSSR count). The molecule has 27 heavy (non-hydrogen) atoms. The molecule has 2 heterocycles. The van der Waals surface area contributed by atoms with Gasteiger partial charge in [-0.1, -0.05) is 42.5 Å². The first-order valence-electron chi connectivity index (χ1n) is 9.12. The van der Waals surface area contributed by atoms with Crippen LogP contribution in [0.15, 0.2) is 77.6 Å². The quantitative estimate of drug-likeness (QED) is 0.515. The Labute approximate surface area is 156 Å². The summed E-state index contributed by atoms with van der Waals surface area (Å²) in [7, 11) is 0. The van der Waals surface area contributed by atoms with E-state index in [0.717, 1.165) is 23.1 Å². The second-order valence-electron chi connectivity index (χ2n) is 6.87. The number of anilines is 1. The second kappa shape index (κ2) is 6.09. The molecule has 0 spiro atoms. The first-order chi connectivity index (χ1) is 13.2. The van der Waals surface area contributed by atoms with Crippen LogP contribution in [0.3, 0.4) is 0 Å². The molecule has 132 valence electrons. The van der Waals surface area contributed by atoms with E-state index >= 15 is 0 Å². The first-order valence-corrected chi connectivity index (χ1v) is 9.12. The summed E-state index contributed by atoms with van der Waals surface area (Å²) in [6, 6.07) is 23.1. The van der Waals surface area contributed by atoms with Crippen molar-refractivity contribution in [2.24, 2.45) is 0 Å². The molecule has 0 saturated carbocycles. The fourth-order valence-corrected chi connectivity index (χ4v) is 4.07. The summed E-state index contributed by atoms with van der Waals surface area (Å²) in [6.45, 7) is 0.907. The van der Waals surface area contributed by atoms with Crippen molar-refractivity contribution in [3.05, 3.63) is 88.6 Å². The predicted molar refractivity (Wildman–Crippen MR) is 108 cm³/mol. The molecular weight excluding hydrogens is 336 g/mol. The van der Waals surface area contributed by atoms with E-state index < -0.39 is 0 Å². The first kappa shape index (κ1) is 15.8. The number of fused-ring (bicyclic) bond motifs is 3. The molecule has 0 N–H and O–H groups in total. The molecule has 1 amide bonds. The Hall–Kier alpha value is -3.40. The molecule has 3 aromatic carbocycles. The van der Waals surface area contributed by atoms with Gasteiger partial charge in [-0.2, -0.15) is 0 Å². The van der Waals surface area contributed by atoms with Gasteiger partial charge in [-0.05, 0) is 42.3 Å². The summed E-state index contributed by atoms with van der Waals surface area (Å²) in [4.78, 5) is 27.9. The van der Waals surface area contributed by atoms with Crippen LogP contribution in [0, 0.1) is 0 Å². The Balaban J connectivity index is 1.66. The number of hydrogen-bond acceptors (Lipinski definition) is 2. The molecule has 4 heteroatoms. The number of rotatable bonds is 2. The summed E-state index contributed by atoms with van der Waals surface area (Å²) in [5, 5.41) is 1.29. The smallest absolute Gasteiger partial charge is 0.246 e. The van der Waals surface area contributed by atoms with Gasteiger partial charge in [-0.15, -0.1) is 0 Å². The van der Waals surface area contributed by atoms with Gasteiger partial charge in [-0.3, -0.25) is 9.59 Å². The highest BCUT2D eigenvalue weighted by Crippen LogP contribution is 2.28. The highest BCUT2D eigenvalue weighted by atomic mass is 16.2. The van der Waals surface area contributed by atoms with Gasteiger partial charge >= 0.3 is 0 Å². The van der Waals surface area contributed by atoms with Crippen LogP contribution in [0.25, 0.3) is 21.8 Å². The van der Waals surface area contributed by atoms with Crippen LogP contribution >= 0.6 is 0 Å². The molecule has 0 radical (unpaired) electrons. The lowest BCUT2D eigenvalue weighted by Gasteiger charge is -2.20. The Morgan fingerprint density at radius 2 is 1.41 bits per heavy atom. The highest BCUT2D eigenvalue weighted by molar-refractivity contribution is 5.99. The Morgan fingerprint density at radius 3 is 2.11 bits per heavy atom. The monoisotopic (exact) mass is 354 g/mol. The van der Waals surface area contributed by atoms with Gasteiger partial charge in [0.05, 0.1) is 11.0 Å². The molecular formula is C23H18N2O2. The third-order valence-corrected chi connectivity index (χ3v) is 5.36. The topological polar surface area (TPSA) is 42.3 Å². The lowest BCUT2D eigenvalue weighted by molar-refractivity contribution is -0.118. The van der Waals surface area contributed by atoms with E-state index in [1.54, 1.807) is 0 Å². The summed E-state index contributed by atoms with van der Waals surface area (Å²) in [5.41, 5.74) is 3.80. The highest BCUT2D eigenvalue weighted by Gasteiger charge is 2.25. The lowest BCUT2D eigenvalue weighted by atomic mass is 10.1. The number of amides is 1. The number of pyridine rings is 1. The standard InChI is InChI=1S/C23H18N2O2/c26-22(24-14-13-16-7-1-4-10-19(16)24)15-25-20-11-5-2-8-17(20)23(27)18-9-3-6-12-21(18)25/h1-12H,13-15H2. The number of para-hydroxylation sites is 3. The average molecular weight is 354 g/mol. The maximum atomic E-state index is 13.2. The molecule has 4 aromatic rings. The predicted octanol–water partition coefficient (Wildman–Crippen LogP) is 3.74. The molecule has 0 saturated heterocycles. The van der Waals surface area contributed by atoms with E-state index in [4.69, 9.17) is 0 Å². The maximum Gasteiger partial charge on any atom is 0.246 e. The average Bonchev–Trinajstić information content (AvgIpc) is 3.15. The van der Waals surface area contributed by atoms with Gasteiger partial charge in [-0.25, -0.2) is 0 Å². The fraction of sp³-hybridized carbons (Fsp3) is 0.130. The van der Waals surface area contributed by atoms with Gasteiger partial charge in [0.1, 0.15) is 6.54 Å². The van der Waals surface area contributed by atoms with Crippen LogP contribution < -0.4 is 10.3 Å². The number of carbonyl (C=O) groups excluding carboxylic acids is 1. The Kier molecular flexibility index (Phi) is 3.57. The van der Waals surface area contributed by atoms with Gasteiger partial charge in [0.15, 0.2) is 5.43 Å². The summed E-state index contributed by atoms with van der Waals surface area (Å²) in [6.07, 6.45) is 0.883. The van der Waals surface area contributed by atoms with Crippen molar-refractivity contribution in [2.75, 3.05) is 11.4 Å². The van der Waals surface area contributed by atoms with Crippen molar-refractivity contribution >= 4 is 33.4 Å². The maximum absolute atomic E-state index is 13.2. The van der Waals surface area contributed by atoms with Gasteiger partial charge in [0.2, 0.25) is 5.91 Å². The zero-order valence-corrected chi connectivity index (χ0v) is 14.8. The van der Waals surface area contributed by atoms with E-state index in [0.29, 0.717) is 17.3 Å². The number of aromatic nitrogens is 1. The van der Waals surface area contributed by atoms with Gasteiger partial charge in [0.25, 0.3) is 0 Å². The molecule has 0 unspecified atom stereocenters.